The number of halogens is 3. The first-order chi connectivity index (χ1) is 9.68. The number of amides is 1. The number of methoxy groups -OCH3 is 1. The summed E-state index contributed by atoms with van der Waals surface area (Å²) in [6.45, 7) is 1.47. The molecular weight excluding hydrogens is 324 g/mol. The summed E-state index contributed by atoms with van der Waals surface area (Å²) in [5.41, 5.74) is -1.29. The van der Waals surface area contributed by atoms with Crippen LogP contribution in [0.25, 0.3) is 0 Å². The van der Waals surface area contributed by atoms with Crippen molar-refractivity contribution >= 4 is 35.1 Å². The summed E-state index contributed by atoms with van der Waals surface area (Å²) in [4.78, 5) is 23.0. The summed E-state index contributed by atoms with van der Waals surface area (Å²) < 4.78 is 18.3. The van der Waals surface area contributed by atoms with Crippen molar-refractivity contribution < 1.29 is 23.8 Å². The zero-order valence-electron chi connectivity index (χ0n) is 11.4. The number of hydrogen-bond donors (Lipinski definition) is 2. The van der Waals surface area contributed by atoms with E-state index in [0.717, 1.165) is 12.1 Å². The second kappa shape index (κ2) is 7.06. The van der Waals surface area contributed by atoms with Crippen LogP contribution in [-0.4, -0.2) is 36.2 Å². The first kappa shape index (κ1) is 17.7. The van der Waals surface area contributed by atoms with E-state index in [1.54, 1.807) is 0 Å². The van der Waals surface area contributed by atoms with E-state index in [9.17, 15) is 14.0 Å². The summed E-state index contributed by atoms with van der Waals surface area (Å²) in [7, 11) is 1.38. The van der Waals surface area contributed by atoms with E-state index < -0.39 is 23.2 Å². The fourth-order valence-electron chi connectivity index (χ4n) is 1.82. The molecule has 1 aromatic rings. The maximum Gasteiger partial charge on any atom is 0.305 e. The van der Waals surface area contributed by atoms with Crippen LogP contribution >= 0.6 is 23.2 Å². The van der Waals surface area contributed by atoms with Crippen LogP contribution in [0.4, 0.5) is 4.39 Å². The molecule has 21 heavy (non-hydrogen) atoms. The molecule has 1 rings (SSSR count). The van der Waals surface area contributed by atoms with Crippen molar-refractivity contribution in [2.24, 2.45) is 0 Å². The Hall–Kier alpha value is -1.37. The highest BCUT2D eigenvalue weighted by Gasteiger charge is 2.30. The van der Waals surface area contributed by atoms with Gasteiger partial charge in [-0.1, -0.05) is 23.2 Å². The molecule has 2 N–H and O–H groups in total. The molecule has 0 saturated heterocycles. The fraction of sp³-hybridized carbons (Fsp3) is 0.385. The molecule has 0 aliphatic carbocycles. The van der Waals surface area contributed by atoms with Crippen LogP contribution in [0.1, 0.15) is 23.7 Å². The first-order valence-electron chi connectivity index (χ1n) is 5.86. The van der Waals surface area contributed by atoms with Crippen molar-refractivity contribution in [3.05, 3.63) is 33.6 Å². The minimum absolute atomic E-state index is 0.0290. The van der Waals surface area contributed by atoms with E-state index in [1.165, 1.54) is 14.0 Å². The van der Waals surface area contributed by atoms with Gasteiger partial charge < -0.3 is 15.2 Å². The van der Waals surface area contributed by atoms with Crippen molar-refractivity contribution in [2.75, 3.05) is 13.7 Å². The highest BCUT2D eigenvalue weighted by atomic mass is 35.5. The molecule has 0 saturated carbocycles. The Morgan fingerprint density at radius 2 is 2.00 bits per heavy atom. The van der Waals surface area contributed by atoms with Crippen LogP contribution in [0.15, 0.2) is 12.1 Å². The topological polar surface area (TPSA) is 75.6 Å². The Balaban J connectivity index is 3.02. The lowest BCUT2D eigenvalue weighted by Crippen LogP contribution is -2.50. The van der Waals surface area contributed by atoms with Crippen molar-refractivity contribution in [1.82, 2.24) is 5.32 Å². The maximum absolute atomic E-state index is 13.4. The van der Waals surface area contributed by atoms with E-state index in [1.807, 2.05) is 0 Å². The average molecular weight is 338 g/mol. The second-order valence-corrected chi connectivity index (χ2v) is 5.58. The van der Waals surface area contributed by atoms with Gasteiger partial charge in [0.1, 0.15) is 5.82 Å². The summed E-state index contributed by atoms with van der Waals surface area (Å²) >= 11 is 11.4. The van der Waals surface area contributed by atoms with Crippen LogP contribution in [-0.2, 0) is 9.53 Å². The monoisotopic (exact) mass is 337 g/mol. The molecule has 0 heterocycles. The number of nitrogens with one attached hydrogen (secondary N) is 1. The first-order valence-corrected chi connectivity index (χ1v) is 6.62. The highest BCUT2D eigenvalue weighted by Crippen LogP contribution is 2.25. The van der Waals surface area contributed by atoms with E-state index in [4.69, 9.17) is 33.0 Å². The molecule has 1 amide bonds. The van der Waals surface area contributed by atoms with Crippen molar-refractivity contribution in [1.29, 1.82) is 0 Å². The number of hydrogen-bond acceptors (Lipinski definition) is 3. The number of ether oxygens (including phenoxy) is 1. The van der Waals surface area contributed by atoms with Gasteiger partial charge in [-0.25, -0.2) is 4.39 Å². The third kappa shape index (κ3) is 4.84. The number of aliphatic carboxylic acids is 1. The second-order valence-electron chi connectivity index (χ2n) is 4.76. The van der Waals surface area contributed by atoms with Crippen molar-refractivity contribution in [3.63, 3.8) is 0 Å². The van der Waals surface area contributed by atoms with E-state index in [0.29, 0.717) is 0 Å². The Morgan fingerprint density at radius 3 is 2.52 bits per heavy atom. The molecule has 1 aromatic carbocycles. The van der Waals surface area contributed by atoms with Crippen LogP contribution < -0.4 is 5.32 Å². The molecular formula is C13H14Cl2FNO4. The Kier molecular flexibility index (Phi) is 5.95. The molecule has 1 atom stereocenters. The average Bonchev–Trinajstić information content (AvgIpc) is 2.32. The smallest absolute Gasteiger partial charge is 0.305 e. The highest BCUT2D eigenvalue weighted by molar-refractivity contribution is 6.36. The SMILES string of the molecule is COCC(C)(CC(=O)O)NC(=O)c1cc(F)c(Cl)cc1Cl. The van der Waals surface area contributed by atoms with Gasteiger partial charge in [-0.3, -0.25) is 9.59 Å². The molecule has 0 radical (unpaired) electrons. The number of rotatable bonds is 6. The van der Waals surface area contributed by atoms with Gasteiger partial charge in [-0.05, 0) is 19.1 Å². The quantitative estimate of drug-likeness (QED) is 0.782. The number of carbonyl (C=O) groups is 2. The molecule has 116 valence electrons. The van der Waals surface area contributed by atoms with Gasteiger partial charge in [-0.15, -0.1) is 0 Å². The van der Waals surface area contributed by atoms with Crippen molar-refractivity contribution in [2.45, 2.75) is 18.9 Å². The minimum Gasteiger partial charge on any atom is -0.481 e. The molecule has 5 nitrogen and oxygen atoms in total. The molecule has 1 unspecified atom stereocenters. The Bertz CT molecular complexity index is 567. The summed E-state index contributed by atoms with van der Waals surface area (Å²) in [5.74, 6) is -2.61. The lowest BCUT2D eigenvalue weighted by Gasteiger charge is -2.28. The summed E-state index contributed by atoms with van der Waals surface area (Å²) in [6.07, 6.45) is -0.361. The third-order valence-corrected chi connectivity index (χ3v) is 3.28. The third-order valence-electron chi connectivity index (χ3n) is 2.67. The van der Waals surface area contributed by atoms with Gasteiger partial charge in [0.15, 0.2) is 0 Å². The number of carboxylic acid groups (broad SMARTS) is 1. The molecule has 0 aliphatic rings. The van der Waals surface area contributed by atoms with Crippen LogP contribution in [0, 0.1) is 5.82 Å². The van der Waals surface area contributed by atoms with Gasteiger partial charge in [-0.2, -0.15) is 0 Å². The van der Waals surface area contributed by atoms with Gasteiger partial charge in [0.05, 0.1) is 34.2 Å². The van der Waals surface area contributed by atoms with Crippen molar-refractivity contribution in [3.8, 4) is 0 Å². The van der Waals surface area contributed by atoms with Gasteiger partial charge in [0.25, 0.3) is 5.91 Å². The number of carbonyl (C=O) groups excluding carboxylic acids is 1. The van der Waals surface area contributed by atoms with Gasteiger partial charge in [0.2, 0.25) is 0 Å². The predicted octanol–water partition coefficient (Wildman–Crippen LogP) is 2.74. The predicted molar refractivity (Wildman–Crippen MR) is 76.4 cm³/mol. The summed E-state index contributed by atoms with van der Waals surface area (Å²) in [6, 6.07) is 2.01. The van der Waals surface area contributed by atoms with Crippen LogP contribution in [0.2, 0.25) is 10.0 Å². The Morgan fingerprint density at radius 1 is 1.38 bits per heavy atom. The molecule has 0 aromatic heterocycles. The minimum atomic E-state index is -1.16. The lowest BCUT2D eigenvalue weighted by molar-refractivity contribution is -0.139. The van der Waals surface area contributed by atoms with Crippen LogP contribution in [0.3, 0.4) is 0 Å². The van der Waals surface area contributed by atoms with Gasteiger partial charge >= 0.3 is 5.97 Å². The fourth-order valence-corrected chi connectivity index (χ4v) is 2.29. The molecule has 0 spiro atoms. The number of benzene rings is 1. The molecule has 0 aliphatic heterocycles. The molecule has 0 bridgehead atoms. The van der Waals surface area contributed by atoms with E-state index in [-0.39, 0.29) is 28.6 Å². The van der Waals surface area contributed by atoms with Crippen LogP contribution in [0.5, 0.6) is 0 Å². The Labute approximate surface area is 131 Å². The normalized spacial score (nSPS) is 13.6. The zero-order chi connectivity index (χ0) is 16.2. The van der Waals surface area contributed by atoms with Gasteiger partial charge in [0, 0.05) is 7.11 Å². The summed E-state index contributed by atoms with van der Waals surface area (Å²) in [5, 5.41) is 11.1. The maximum atomic E-state index is 13.4. The van der Waals surface area contributed by atoms with E-state index in [2.05, 4.69) is 5.32 Å². The molecule has 0 fully saturated rings. The lowest BCUT2D eigenvalue weighted by atomic mass is 9.98. The molecule has 8 heteroatoms. The standard InChI is InChI=1S/C13H14Cl2FNO4/c1-13(6-21-2,5-11(18)19)17-12(20)7-3-10(16)9(15)4-8(7)14/h3-4H,5-6H2,1-2H3,(H,17,20)(H,18,19). The van der Waals surface area contributed by atoms with E-state index >= 15 is 0 Å². The largest absolute Gasteiger partial charge is 0.481 e. The zero-order valence-corrected chi connectivity index (χ0v) is 12.9. The number of carboxylic acids is 1.